The molecule has 0 bridgehead atoms. The number of nitrogens with one attached hydrogen (secondary N) is 1. The Morgan fingerprint density at radius 2 is 1.97 bits per heavy atom. The van der Waals surface area contributed by atoms with Crippen molar-refractivity contribution in [2.75, 3.05) is 27.4 Å². The molecule has 33 heavy (non-hydrogen) atoms. The van der Waals surface area contributed by atoms with Gasteiger partial charge >= 0.3 is 11.9 Å². The number of esters is 2. The lowest BCUT2D eigenvalue weighted by Crippen LogP contribution is -2.53. The number of fused-ring (bicyclic) bond motifs is 4. The molecule has 4 rings (SSSR count). The van der Waals surface area contributed by atoms with Gasteiger partial charge in [0.2, 0.25) is 5.78 Å². The molecule has 0 aromatic heterocycles. The minimum Gasteiger partial charge on any atom is -0.504 e. The predicted octanol–water partition coefficient (Wildman–Crippen LogP) is 1.47. The van der Waals surface area contributed by atoms with Crippen molar-refractivity contribution in [3.63, 3.8) is 0 Å². The fraction of sp³-hybridized carbons (Fsp3) is 0.625. The number of aliphatic hydroxyl groups is 2. The van der Waals surface area contributed by atoms with Gasteiger partial charge in [0.1, 0.15) is 12.7 Å². The molecule has 0 aromatic rings. The number of allylic oxidation sites excluding steroid dienone is 1. The highest BCUT2D eigenvalue weighted by Crippen LogP contribution is 2.62. The van der Waals surface area contributed by atoms with Gasteiger partial charge in [0.15, 0.2) is 5.76 Å². The van der Waals surface area contributed by atoms with E-state index in [-0.39, 0.29) is 30.3 Å². The second-order valence-electron chi connectivity index (χ2n) is 9.78. The van der Waals surface area contributed by atoms with Gasteiger partial charge in [-0.3, -0.25) is 9.59 Å². The summed E-state index contributed by atoms with van der Waals surface area (Å²) in [6, 6.07) is 0. The number of carbonyl (C=O) groups excluding carboxylic acids is 3. The second-order valence-corrected chi connectivity index (χ2v) is 9.78. The first-order chi connectivity index (χ1) is 15.5. The van der Waals surface area contributed by atoms with Crippen molar-refractivity contribution >= 4 is 17.7 Å². The van der Waals surface area contributed by atoms with E-state index in [9.17, 15) is 24.6 Å². The molecule has 9 nitrogen and oxygen atoms in total. The van der Waals surface area contributed by atoms with Crippen LogP contribution in [0.1, 0.15) is 40.0 Å². The quantitative estimate of drug-likeness (QED) is 0.421. The van der Waals surface area contributed by atoms with Crippen molar-refractivity contribution in [2.24, 2.45) is 16.7 Å². The van der Waals surface area contributed by atoms with Crippen LogP contribution >= 0.6 is 0 Å². The molecule has 9 heteroatoms. The van der Waals surface area contributed by atoms with E-state index < -0.39 is 46.5 Å². The highest BCUT2D eigenvalue weighted by Gasteiger charge is 2.62. The molecule has 4 aliphatic rings. The number of hydrogen-bond donors (Lipinski definition) is 3. The Kier molecular flexibility index (Phi) is 5.69. The van der Waals surface area contributed by atoms with Crippen LogP contribution in [0.25, 0.3) is 0 Å². The topological polar surface area (TPSA) is 131 Å². The summed E-state index contributed by atoms with van der Waals surface area (Å²) in [5.41, 5.74) is -0.293. The SMILES string of the molecule is CNC(COC)=C1C(=O)OCC2(C)C1=C(O)C(=O)C1=C2C(OC(C)=O)CC2(C)C(O)CCC12. The Balaban J connectivity index is 1.99. The lowest BCUT2D eigenvalue weighted by atomic mass is 9.55. The first-order valence-corrected chi connectivity index (χ1v) is 11.2. The van der Waals surface area contributed by atoms with Gasteiger partial charge in [0, 0.05) is 37.6 Å². The Labute approximate surface area is 192 Å². The molecular formula is C24H31NO8. The van der Waals surface area contributed by atoms with Crippen molar-refractivity contribution in [3.05, 3.63) is 33.7 Å². The van der Waals surface area contributed by atoms with E-state index in [0.717, 1.165) is 0 Å². The number of likely N-dealkylation sites (N-methyl/N-ethyl adjacent to an activating group) is 1. The Morgan fingerprint density at radius 3 is 2.58 bits per heavy atom. The summed E-state index contributed by atoms with van der Waals surface area (Å²) in [6.07, 6.45) is -0.0639. The van der Waals surface area contributed by atoms with Gasteiger partial charge in [-0.05, 0) is 37.7 Å². The number of aliphatic hydroxyl groups excluding tert-OH is 2. The minimum atomic E-state index is -1.10. The van der Waals surface area contributed by atoms with E-state index in [1.54, 1.807) is 14.0 Å². The second kappa shape index (κ2) is 7.99. The molecule has 0 radical (unpaired) electrons. The molecular weight excluding hydrogens is 430 g/mol. The molecule has 5 atom stereocenters. The van der Waals surface area contributed by atoms with Crippen LogP contribution in [0.5, 0.6) is 0 Å². The van der Waals surface area contributed by atoms with Gasteiger partial charge in [-0.1, -0.05) is 6.92 Å². The summed E-state index contributed by atoms with van der Waals surface area (Å²) in [5, 5.41) is 24.9. The molecule has 1 saturated carbocycles. The zero-order valence-corrected chi connectivity index (χ0v) is 19.6. The van der Waals surface area contributed by atoms with Gasteiger partial charge in [0.05, 0.1) is 29.4 Å². The van der Waals surface area contributed by atoms with E-state index in [4.69, 9.17) is 14.2 Å². The maximum atomic E-state index is 13.7. The average Bonchev–Trinajstić information content (AvgIpc) is 3.04. The normalized spacial score (nSPS) is 37.2. The molecule has 3 N–H and O–H groups in total. The number of ether oxygens (including phenoxy) is 3. The van der Waals surface area contributed by atoms with E-state index in [2.05, 4.69) is 5.32 Å². The van der Waals surface area contributed by atoms with Crippen LogP contribution in [0.2, 0.25) is 0 Å². The number of hydrogen-bond acceptors (Lipinski definition) is 9. The number of rotatable bonds is 4. The van der Waals surface area contributed by atoms with Gasteiger partial charge in [-0.2, -0.15) is 0 Å². The highest BCUT2D eigenvalue weighted by atomic mass is 16.5. The molecule has 3 aliphatic carbocycles. The maximum absolute atomic E-state index is 13.7. The largest absolute Gasteiger partial charge is 0.504 e. The standard InChI is InChI=1S/C24H31NO8/c1-11(26)33-14-8-23(2)12(6-7-15(23)27)16-18(14)24(3)10-32-22(30)17(13(25-4)9-31-5)19(24)21(29)20(16)28/h12,14-15,25,27,29H,6-10H2,1-5H3. The van der Waals surface area contributed by atoms with Crippen molar-refractivity contribution in [2.45, 2.75) is 52.2 Å². The first-order valence-electron chi connectivity index (χ1n) is 11.2. The van der Waals surface area contributed by atoms with Crippen molar-refractivity contribution in [1.82, 2.24) is 5.32 Å². The van der Waals surface area contributed by atoms with Gasteiger partial charge < -0.3 is 29.7 Å². The first kappa shape index (κ1) is 23.5. The Morgan fingerprint density at radius 1 is 1.27 bits per heavy atom. The van der Waals surface area contributed by atoms with E-state index in [1.807, 2.05) is 6.92 Å². The zero-order valence-electron chi connectivity index (χ0n) is 19.6. The van der Waals surface area contributed by atoms with Crippen LogP contribution < -0.4 is 5.32 Å². The maximum Gasteiger partial charge on any atom is 0.340 e. The van der Waals surface area contributed by atoms with Crippen molar-refractivity contribution in [3.8, 4) is 0 Å². The van der Waals surface area contributed by atoms with Crippen LogP contribution in [0.3, 0.4) is 0 Å². The average molecular weight is 462 g/mol. The summed E-state index contributed by atoms with van der Waals surface area (Å²) in [6.45, 7) is 4.90. The van der Waals surface area contributed by atoms with Crippen LogP contribution in [0.4, 0.5) is 0 Å². The van der Waals surface area contributed by atoms with Gasteiger partial charge in [-0.25, -0.2) is 4.79 Å². The lowest BCUT2D eigenvalue weighted by Gasteiger charge is -2.51. The van der Waals surface area contributed by atoms with Crippen LogP contribution in [-0.4, -0.2) is 67.5 Å². The fourth-order valence-corrected chi connectivity index (χ4v) is 6.32. The van der Waals surface area contributed by atoms with Crippen molar-refractivity contribution in [1.29, 1.82) is 0 Å². The molecule has 5 unspecified atom stereocenters. The molecule has 0 aromatic carbocycles. The summed E-state index contributed by atoms with van der Waals surface area (Å²) in [7, 11) is 3.08. The van der Waals surface area contributed by atoms with Crippen LogP contribution in [0.15, 0.2) is 33.7 Å². The predicted molar refractivity (Wildman–Crippen MR) is 116 cm³/mol. The third kappa shape index (κ3) is 3.24. The smallest absolute Gasteiger partial charge is 0.340 e. The summed E-state index contributed by atoms with van der Waals surface area (Å²) < 4.78 is 16.5. The third-order valence-corrected chi connectivity index (χ3v) is 7.86. The number of methoxy groups -OCH3 is 1. The number of cyclic esters (lactones) is 1. The molecule has 180 valence electrons. The third-order valence-electron chi connectivity index (χ3n) is 7.86. The monoisotopic (exact) mass is 461 g/mol. The summed E-state index contributed by atoms with van der Waals surface area (Å²) >= 11 is 0. The van der Waals surface area contributed by atoms with Crippen LogP contribution in [-0.2, 0) is 28.6 Å². The van der Waals surface area contributed by atoms with Crippen molar-refractivity contribution < 1.29 is 38.8 Å². The van der Waals surface area contributed by atoms with Gasteiger partial charge in [0.25, 0.3) is 0 Å². The Bertz CT molecular complexity index is 1020. The van der Waals surface area contributed by atoms with E-state index in [1.165, 1.54) is 14.0 Å². The lowest BCUT2D eigenvalue weighted by molar-refractivity contribution is -0.152. The summed E-state index contributed by atoms with van der Waals surface area (Å²) in [4.78, 5) is 38.6. The molecule has 2 fully saturated rings. The number of ketones is 1. The molecule has 0 spiro atoms. The highest BCUT2D eigenvalue weighted by molar-refractivity contribution is 6.13. The number of carbonyl (C=O) groups is 3. The minimum absolute atomic E-state index is 0.0359. The Hall–Kier alpha value is -2.65. The van der Waals surface area contributed by atoms with Crippen LogP contribution in [0, 0.1) is 16.7 Å². The fourth-order valence-electron chi connectivity index (χ4n) is 6.32. The van der Waals surface area contributed by atoms with E-state index in [0.29, 0.717) is 36.1 Å². The molecule has 0 amide bonds. The number of Topliss-reactive ketones (excluding diaryl/α,β-unsaturated/α-hetero) is 1. The molecule has 1 saturated heterocycles. The molecule has 1 aliphatic heterocycles. The van der Waals surface area contributed by atoms with E-state index >= 15 is 0 Å². The molecule has 1 heterocycles. The zero-order chi connectivity index (χ0) is 24.3. The summed E-state index contributed by atoms with van der Waals surface area (Å²) in [5.74, 6) is -2.61. The van der Waals surface area contributed by atoms with Gasteiger partial charge in [-0.15, -0.1) is 0 Å².